The van der Waals surface area contributed by atoms with Crippen molar-refractivity contribution in [2.75, 3.05) is 26.4 Å². The number of carbonyl (C=O) groups excluding carboxylic acids is 1. The number of aliphatic hydroxyl groups is 2. The summed E-state index contributed by atoms with van der Waals surface area (Å²) in [4.78, 5) is 10.0. The number of hydrogen-bond donors (Lipinski definition) is 7. The van der Waals surface area contributed by atoms with E-state index in [1.807, 2.05) is 132 Å². The molecule has 5 saturated heterocycles. The predicted octanol–water partition coefficient (Wildman–Crippen LogP) is 15.7. The van der Waals surface area contributed by atoms with E-state index in [1.165, 1.54) is 38.2 Å². The number of rotatable bonds is 16. The second-order valence-corrected chi connectivity index (χ2v) is 31.7. The minimum absolute atomic E-state index is 0.140. The molecule has 5 heterocycles. The van der Waals surface area contributed by atoms with Gasteiger partial charge in [-0.2, -0.15) is 25.3 Å². The van der Waals surface area contributed by atoms with Crippen molar-refractivity contribution in [2.24, 2.45) is 0 Å². The Hall–Kier alpha value is -3.05. The number of aliphatic hydroxyl groups excluding tert-OH is 2. The van der Waals surface area contributed by atoms with Crippen LogP contribution < -0.4 is 0 Å². The molecule has 0 radical (unpaired) electrons. The van der Waals surface area contributed by atoms with Crippen LogP contribution in [0.3, 0.4) is 0 Å². The first kappa shape index (κ1) is 85.0. The van der Waals surface area contributed by atoms with Crippen molar-refractivity contribution in [3.8, 4) is 0 Å². The van der Waals surface area contributed by atoms with Crippen LogP contribution in [0, 0.1) is 0 Å². The van der Waals surface area contributed by atoms with Crippen molar-refractivity contribution in [3.63, 3.8) is 0 Å². The Bertz CT molecular complexity index is 2120. The molecule has 2 aromatic rings. The fourth-order valence-electron chi connectivity index (χ4n) is 13.7. The van der Waals surface area contributed by atoms with E-state index >= 15 is 0 Å². The standard InChI is InChI=1S/2C13H27NO2.2C12H23NO2.C9H19NO2.C7H8O.C7H6O/c2*1-6-7-8-16-11-9-12(2,3)14(15)13(4,5)10-11;2*1-6-7-15-10-8-11(2,3)13(14)12(4,5)9-10;1-8(2)5-7(11)6-9(3,4)10(8)12;2*8-6-7-4-2-1-3-5-7/h2*11,15H,6-10H2,1-5H3;2*6,10,14H,1,7-9H2,2-5H3;7,11-12H,5-6H2,1-4H3;1-5,8H,6H2;1-6H. The van der Waals surface area contributed by atoms with Crippen LogP contribution >= 0.6 is 0 Å². The normalized spacial score (nSPS) is 23.7. The molecule has 0 unspecified atom stereocenters. The first-order valence-electron chi connectivity index (χ1n) is 33.3. The number of carbonyl (C=O) groups is 1. The number of aldehydes is 1. The predicted molar refractivity (Wildman–Crippen MR) is 364 cm³/mol. The molecule has 2 aromatic carbocycles. The Morgan fingerprint density at radius 2 is 0.644 bits per heavy atom. The molecule has 0 amide bonds. The molecule has 5 aliphatic rings. The largest absolute Gasteiger partial charge is 0.393 e. The average Bonchev–Trinajstić information content (AvgIpc) is 0.888. The van der Waals surface area contributed by atoms with E-state index in [-0.39, 0.29) is 92.5 Å². The van der Waals surface area contributed by atoms with Crippen molar-refractivity contribution in [1.82, 2.24) is 25.3 Å². The lowest BCUT2D eigenvalue weighted by Crippen LogP contribution is -2.60. The lowest BCUT2D eigenvalue weighted by atomic mass is 9.80. The molecule has 17 heteroatoms. The summed E-state index contributed by atoms with van der Waals surface area (Å²) in [6.07, 6.45) is 17.9. The van der Waals surface area contributed by atoms with Gasteiger partial charge in [0.15, 0.2) is 0 Å². The number of benzene rings is 2. The zero-order chi connectivity index (χ0) is 69.4. The van der Waals surface area contributed by atoms with Crippen LogP contribution in [0.5, 0.6) is 0 Å². The van der Waals surface area contributed by atoms with Gasteiger partial charge in [0.05, 0.1) is 50.3 Å². The van der Waals surface area contributed by atoms with E-state index < -0.39 is 0 Å². The topological polar surface area (TPSA) is 212 Å². The monoisotopic (exact) mass is 1270 g/mol. The molecule has 5 fully saturated rings. The van der Waals surface area contributed by atoms with Gasteiger partial charge in [-0.1, -0.05) is 99.5 Å². The molecular formula is C73H133N5O12. The third-order valence-electron chi connectivity index (χ3n) is 17.6. The van der Waals surface area contributed by atoms with Crippen molar-refractivity contribution >= 4 is 6.29 Å². The van der Waals surface area contributed by atoms with Gasteiger partial charge in [-0.15, -0.1) is 13.2 Å². The summed E-state index contributed by atoms with van der Waals surface area (Å²) >= 11 is 0. The van der Waals surface area contributed by atoms with Crippen LogP contribution in [0.4, 0.5) is 0 Å². The maximum atomic E-state index is 10.1. The molecule has 0 bridgehead atoms. The van der Waals surface area contributed by atoms with Gasteiger partial charge in [-0.25, -0.2) is 0 Å². The fraction of sp³-hybridized carbons (Fsp3) is 0.767. The third-order valence-corrected chi connectivity index (χ3v) is 17.6. The molecule has 7 N–H and O–H groups in total. The molecule has 0 aliphatic carbocycles. The van der Waals surface area contributed by atoms with Gasteiger partial charge in [0.1, 0.15) is 6.29 Å². The number of hydroxylamine groups is 10. The Kier molecular flexibility index (Phi) is 35.2. The second kappa shape index (κ2) is 37.3. The summed E-state index contributed by atoms with van der Waals surface area (Å²) in [5.41, 5.74) is -0.640. The van der Waals surface area contributed by atoms with Crippen LogP contribution in [0.1, 0.15) is 258 Å². The number of ether oxygens (including phenoxy) is 4. The molecule has 90 heavy (non-hydrogen) atoms. The van der Waals surface area contributed by atoms with Crippen molar-refractivity contribution in [1.29, 1.82) is 0 Å². The first-order valence-corrected chi connectivity index (χ1v) is 33.3. The highest BCUT2D eigenvalue weighted by Crippen LogP contribution is 2.42. The molecule has 7 rings (SSSR count). The van der Waals surface area contributed by atoms with E-state index in [4.69, 9.17) is 24.1 Å². The maximum Gasteiger partial charge on any atom is 0.150 e. The minimum atomic E-state index is -0.318. The second-order valence-electron chi connectivity index (χ2n) is 31.7. The summed E-state index contributed by atoms with van der Waals surface area (Å²) in [6, 6.07) is 18.6. The summed E-state index contributed by atoms with van der Waals surface area (Å²) in [5.74, 6) is 0. The molecule has 17 nitrogen and oxygen atoms in total. The molecule has 0 saturated carbocycles. The number of nitrogens with zero attached hydrogens (tertiary/aromatic N) is 5. The molecule has 0 spiro atoms. The Balaban J connectivity index is 0.000000532. The number of piperidine rings is 5. The SMILES string of the molecule is C=CCOC1CC(C)(C)N(O)C(C)(C)C1.C=CCOC1CC(C)(C)N(O)C(C)(C)C1.CC1(C)CC(O)CC(C)(C)N1O.CCCCOC1CC(C)(C)N(O)C(C)(C)C1.CCCCOC1CC(C)(C)N(O)C(C)(C)C1.O=Cc1ccccc1.OCc1ccccc1. The lowest BCUT2D eigenvalue weighted by molar-refractivity contribution is -0.261. The summed E-state index contributed by atoms with van der Waals surface area (Å²) in [6.45, 7) is 55.3. The molecular weight excluding hydrogens is 1140 g/mol. The molecule has 0 atom stereocenters. The van der Waals surface area contributed by atoms with Crippen LogP contribution in [0.15, 0.2) is 86.0 Å². The van der Waals surface area contributed by atoms with Gasteiger partial charge in [-0.05, 0) is 221 Å². The van der Waals surface area contributed by atoms with Crippen LogP contribution in [-0.2, 0) is 25.6 Å². The maximum absolute atomic E-state index is 10.1. The average molecular weight is 1270 g/mol. The Labute approximate surface area is 547 Å². The zero-order valence-corrected chi connectivity index (χ0v) is 60.6. The van der Waals surface area contributed by atoms with Gasteiger partial charge in [0.25, 0.3) is 0 Å². The van der Waals surface area contributed by atoms with E-state index in [1.54, 1.807) is 24.3 Å². The summed E-state index contributed by atoms with van der Waals surface area (Å²) in [5, 5.41) is 75.6. The van der Waals surface area contributed by atoms with Crippen LogP contribution in [0.2, 0.25) is 0 Å². The summed E-state index contributed by atoms with van der Waals surface area (Å²) in [7, 11) is 0. The highest BCUT2D eigenvalue weighted by molar-refractivity contribution is 5.74. The quantitative estimate of drug-likeness (QED) is 0.0473. The third kappa shape index (κ3) is 28.5. The number of unbranched alkanes of at least 4 members (excludes halogenated alkanes) is 2. The first-order chi connectivity index (χ1) is 41.3. The molecule has 522 valence electrons. The van der Waals surface area contributed by atoms with Crippen LogP contribution in [-0.4, -0.2) is 180 Å². The highest BCUT2D eigenvalue weighted by atomic mass is 16.5. The van der Waals surface area contributed by atoms with Crippen LogP contribution in [0.25, 0.3) is 0 Å². The van der Waals surface area contributed by atoms with Crippen molar-refractivity contribution in [3.05, 3.63) is 97.1 Å². The van der Waals surface area contributed by atoms with E-state index in [0.717, 1.165) is 94.8 Å². The molecule has 5 aliphatic heterocycles. The minimum Gasteiger partial charge on any atom is -0.393 e. The highest BCUT2D eigenvalue weighted by Gasteiger charge is 2.49. The Morgan fingerprint density at radius 1 is 0.411 bits per heavy atom. The van der Waals surface area contributed by atoms with Gasteiger partial charge < -0.3 is 55.2 Å². The van der Waals surface area contributed by atoms with Gasteiger partial charge in [0.2, 0.25) is 0 Å². The molecule has 0 aromatic heterocycles. The van der Waals surface area contributed by atoms with Crippen molar-refractivity contribution < 1.29 is 60.0 Å². The fourth-order valence-corrected chi connectivity index (χ4v) is 13.7. The van der Waals surface area contributed by atoms with Gasteiger partial charge in [0, 0.05) is 74.2 Å². The lowest BCUT2D eigenvalue weighted by Gasteiger charge is -2.51. The Morgan fingerprint density at radius 3 is 0.844 bits per heavy atom. The van der Waals surface area contributed by atoms with Gasteiger partial charge >= 0.3 is 0 Å². The smallest absolute Gasteiger partial charge is 0.150 e. The zero-order valence-electron chi connectivity index (χ0n) is 60.6. The van der Waals surface area contributed by atoms with Crippen molar-refractivity contribution in [2.45, 2.75) is 335 Å². The van der Waals surface area contributed by atoms with E-state index in [2.05, 4.69) is 82.4 Å². The van der Waals surface area contributed by atoms with E-state index in [0.29, 0.717) is 26.1 Å². The number of hydrogen-bond acceptors (Lipinski definition) is 17. The van der Waals surface area contributed by atoms with E-state index in [9.17, 15) is 35.9 Å². The summed E-state index contributed by atoms with van der Waals surface area (Å²) < 4.78 is 23.2. The van der Waals surface area contributed by atoms with Gasteiger partial charge in [-0.3, -0.25) is 4.79 Å².